The van der Waals surface area contributed by atoms with E-state index in [4.69, 9.17) is 0 Å². The van der Waals surface area contributed by atoms with Crippen LogP contribution < -0.4 is 5.32 Å². The van der Waals surface area contributed by atoms with Crippen LogP contribution in [0.15, 0.2) is 53.4 Å². The number of carbonyl (C=O) groups excluding carboxylic acids is 2. The van der Waals surface area contributed by atoms with Crippen LogP contribution in [0, 0.1) is 5.82 Å². The first-order chi connectivity index (χ1) is 10.5. The SMILES string of the molecule is CC(=O)c1ccc(NC(=O)C(C)Sc2ccccc2F)cc1. The molecule has 114 valence electrons. The standard InChI is InChI=1S/C17H16FNO2S/c1-11(20)13-7-9-14(10-8-13)19-17(21)12(2)22-16-6-4-3-5-15(16)18/h3-10,12H,1-2H3,(H,19,21). The lowest BCUT2D eigenvalue weighted by atomic mass is 10.1. The molecule has 0 spiro atoms. The molecular weight excluding hydrogens is 301 g/mol. The van der Waals surface area contributed by atoms with Crippen molar-refractivity contribution in [3.8, 4) is 0 Å². The molecule has 2 aromatic carbocycles. The van der Waals surface area contributed by atoms with Gasteiger partial charge >= 0.3 is 0 Å². The smallest absolute Gasteiger partial charge is 0.237 e. The highest BCUT2D eigenvalue weighted by molar-refractivity contribution is 8.00. The number of halogens is 1. The van der Waals surface area contributed by atoms with E-state index in [-0.39, 0.29) is 17.5 Å². The minimum absolute atomic E-state index is 0.0265. The van der Waals surface area contributed by atoms with Gasteiger partial charge < -0.3 is 5.32 Å². The lowest BCUT2D eigenvalue weighted by molar-refractivity contribution is -0.115. The van der Waals surface area contributed by atoms with Gasteiger partial charge in [0.1, 0.15) is 5.82 Å². The molecule has 0 bridgehead atoms. The molecule has 2 aromatic rings. The first-order valence-electron chi connectivity index (χ1n) is 6.80. The van der Waals surface area contributed by atoms with Gasteiger partial charge in [-0.15, -0.1) is 11.8 Å². The van der Waals surface area contributed by atoms with Crippen molar-refractivity contribution in [2.75, 3.05) is 5.32 Å². The summed E-state index contributed by atoms with van der Waals surface area (Å²) in [7, 11) is 0. The number of rotatable bonds is 5. The average Bonchev–Trinajstić information content (AvgIpc) is 2.50. The van der Waals surface area contributed by atoms with Crippen LogP contribution in [0.5, 0.6) is 0 Å². The van der Waals surface area contributed by atoms with Crippen molar-refractivity contribution in [2.24, 2.45) is 0 Å². The Labute approximate surface area is 132 Å². The molecule has 3 nitrogen and oxygen atoms in total. The monoisotopic (exact) mass is 317 g/mol. The highest BCUT2D eigenvalue weighted by Crippen LogP contribution is 2.26. The second-order valence-corrected chi connectivity index (χ2v) is 6.20. The summed E-state index contributed by atoms with van der Waals surface area (Å²) in [5, 5.41) is 2.31. The van der Waals surface area contributed by atoms with Crippen LogP contribution in [0.4, 0.5) is 10.1 Å². The number of benzene rings is 2. The normalized spacial score (nSPS) is 11.8. The zero-order valence-corrected chi connectivity index (χ0v) is 13.1. The van der Waals surface area contributed by atoms with E-state index >= 15 is 0 Å². The molecule has 1 atom stereocenters. The van der Waals surface area contributed by atoms with Crippen LogP contribution in [0.2, 0.25) is 0 Å². The van der Waals surface area contributed by atoms with Crippen molar-refractivity contribution in [3.05, 3.63) is 59.9 Å². The lowest BCUT2D eigenvalue weighted by Gasteiger charge is -2.12. The molecule has 1 N–H and O–H groups in total. The maximum Gasteiger partial charge on any atom is 0.237 e. The molecule has 0 aromatic heterocycles. The van der Waals surface area contributed by atoms with E-state index < -0.39 is 5.25 Å². The lowest BCUT2D eigenvalue weighted by Crippen LogP contribution is -2.22. The Bertz CT molecular complexity index is 685. The number of nitrogens with one attached hydrogen (secondary N) is 1. The van der Waals surface area contributed by atoms with E-state index in [0.29, 0.717) is 16.1 Å². The summed E-state index contributed by atoms with van der Waals surface area (Å²) >= 11 is 1.16. The van der Waals surface area contributed by atoms with E-state index in [9.17, 15) is 14.0 Å². The van der Waals surface area contributed by atoms with Gasteiger partial charge in [-0.05, 0) is 50.2 Å². The third-order valence-electron chi connectivity index (χ3n) is 3.07. The van der Waals surface area contributed by atoms with Gasteiger partial charge in [-0.25, -0.2) is 4.39 Å². The van der Waals surface area contributed by atoms with Crippen molar-refractivity contribution in [1.29, 1.82) is 0 Å². The summed E-state index contributed by atoms with van der Waals surface area (Å²) in [4.78, 5) is 23.8. The summed E-state index contributed by atoms with van der Waals surface area (Å²) in [6.07, 6.45) is 0. The summed E-state index contributed by atoms with van der Waals surface area (Å²) in [5.41, 5.74) is 1.20. The van der Waals surface area contributed by atoms with Gasteiger partial charge in [-0.1, -0.05) is 12.1 Å². The number of Topliss-reactive ketones (excluding diaryl/α,β-unsaturated/α-hetero) is 1. The van der Waals surface area contributed by atoms with E-state index in [1.165, 1.54) is 13.0 Å². The van der Waals surface area contributed by atoms with Crippen LogP contribution in [-0.4, -0.2) is 16.9 Å². The third kappa shape index (κ3) is 4.18. The number of carbonyl (C=O) groups is 2. The highest BCUT2D eigenvalue weighted by Gasteiger charge is 2.16. The maximum absolute atomic E-state index is 13.6. The topological polar surface area (TPSA) is 46.2 Å². The Morgan fingerprint density at radius 1 is 1.09 bits per heavy atom. The molecule has 0 heterocycles. The summed E-state index contributed by atoms with van der Waals surface area (Å²) in [6, 6.07) is 13.0. The Morgan fingerprint density at radius 3 is 2.32 bits per heavy atom. The van der Waals surface area contributed by atoms with Gasteiger partial charge in [0.2, 0.25) is 5.91 Å². The molecule has 0 aliphatic rings. The number of ketones is 1. The minimum atomic E-state index is -0.440. The van der Waals surface area contributed by atoms with Crippen LogP contribution in [0.25, 0.3) is 0 Å². The van der Waals surface area contributed by atoms with Crippen molar-refractivity contribution < 1.29 is 14.0 Å². The average molecular weight is 317 g/mol. The molecule has 1 amide bonds. The Hall–Kier alpha value is -2.14. The van der Waals surface area contributed by atoms with E-state index in [0.717, 1.165) is 11.8 Å². The Kier molecular flexibility index (Phi) is 5.33. The highest BCUT2D eigenvalue weighted by atomic mass is 32.2. The van der Waals surface area contributed by atoms with Gasteiger partial charge in [0.25, 0.3) is 0 Å². The largest absolute Gasteiger partial charge is 0.325 e. The molecule has 5 heteroatoms. The van der Waals surface area contributed by atoms with Crippen molar-refractivity contribution in [3.63, 3.8) is 0 Å². The molecule has 1 unspecified atom stereocenters. The van der Waals surface area contributed by atoms with E-state index in [1.54, 1.807) is 49.4 Å². The Balaban J connectivity index is 1.99. The molecule has 0 saturated carbocycles. The van der Waals surface area contributed by atoms with Crippen molar-refractivity contribution in [1.82, 2.24) is 0 Å². The van der Waals surface area contributed by atoms with Gasteiger partial charge in [-0.3, -0.25) is 9.59 Å². The van der Waals surface area contributed by atoms with Gasteiger partial charge in [-0.2, -0.15) is 0 Å². The van der Waals surface area contributed by atoms with Crippen LogP contribution in [-0.2, 0) is 4.79 Å². The number of hydrogen-bond acceptors (Lipinski definition) is 3. The van der Waals surface area contributed by atoms with Crippen molar-refractivity contribution >= 4 is 29.1 Å². The second kappa shape index (κ2) is 7.22. The first-order valence-corrected chi connectivity index (χ1v) is 7.68. The fourth-order valence-electron chi connectivity index (χ4n) is 1.82. The van der Waals surface area contributed by atoms with E-state index in [2.05, 4.69) is 5.32 Å². The number of amides is 1. The first kappa shape index (κ1) is 16.2. The van der Waals surface area contributed by atoms with Gasteiger partial charge in [0, 0.05) is 16.1 Å². The molecule has 22 heavy (non-hydrogen) atoms. The molecule has 0 fully saturated rings. The van der Waals surface area contributed by atoms with Crippen LogP contribution >= 0.6 is 11.8 Å². The number of hydrogen-bond donors (Lipinski definition) is 1. The zero-order chi connectivity index (χ0) is 16.1. The molecular formula is C17H16FNO2S. The van der Waals surface area contributed by atoms with Crippen LogP contribution in [0.1, 0.15) is 24.2 Å². The predicted octanol–water partition coefficient (Wildman–Crippen LogP) is 4.15. The fourth-order valence-corrected chi connectivity index (χ4v) is 2.70. The predicted molar refractivity (Wildman–Crippen MR) is 86.8 cm³/mol. The van der Waals surface area contributed by atoms with Crippen LogP contribution in [0.3, 0.4) is 0 Å². The fraction of sp³-hybridized carbons (Fsp3) is 0.176. The molecule has 0 aliphatic carbocycles. The molecule has 0 aliphatic heterocycles. The van der Waals surface area contributed by atoms with Crippen molar-refractivity contribution in [2.45, 2.75) is 24.0 Å². The molecule has 0 radical (unpaired) electrons. The van der Waals surface area contributed by atoms with Gasteiger partial charge in [0.15, 0.2) is 5.78 Å². The Morgan fingerprint density at radius 2 is 1.73 bits per heavy atom. The zero-order valence-electron chi connectivity index (χ0n) is 12.3. The maximum atomic E-state index is 13.6. The molecule has 0 saturated heterocycles. The van der Waals surface area contributed by atoms with E-state index in [1.807, 2.05) is 0 Å². The quantitative estimate of drug-likeness (QED) is 0.665. The summed E-state index contributed by atoms with van der Waals surface area (Å²) in [5.74, 6) is -0.580. The third-order valence-corrected chi connectivity index (χ3v) is 4.22. The second-order valence-electron chi connectivity index (χ2n) is 4.81. The van der Waals surface area contributed by atoms with Gasteiger partial charge in [0.05, 0.1) is 5.25 Å². The number of anilines is 1. The number of thioether (sulfide) groups is 1. The molecule has 2 rings (SSSR count). The minimum Gasteiger partial charge on any atom is -0.325 e. The summed E-state index contributed by atoms with van der Waals surface area (Å²) < 4.78 is 13.6. The summed E-state index contributed by atoms with van der Waals surface area (Å²) in [6.45, 7) is 3.21.